The molecule has 0 amide bonds. The molecule has 0 saturated heterocycles. The summed E-state index contributed by atoms with van der Waals surface area (Å²) in [4.78, 5) is 5.56. The summed E-state index contributed by atoms with van der Waals surface area (Å²) < 4.78 is 1.88. The molecule has 0 spiro atoms. The van der Waals surface area contributed by atoms with Crippen LogP contribution in [0.2, 0.25) is 0 Å². The standard InChI is InChI=1S/C11H16N4S/c1-9(2)12-6-11-13-8-15(14-11)7-10-4-3-5-16-10/h3-5,8-9,12H,6-7H2,1-2H3. The maximum absolute atomic E-state index is 4.41. The Labute approximate surface area is 99.3 Å². The average molecular weight is 236 g/mol. The number of nitrogens with zero attached hydrogens (tertiary/aromatic N) is 3. The van der Waals surface area contributed by atoms with Crippen molar-refractivity contribution in [1.29, 1.82) is 0 Å². The third-order valence-corrected chi connectivity index (χ3v) is 3.01. The van der Waals surface area contributed by atoms with Crippen LogP contribution in [0.3, 0.4) is 0 Å². The van der Waals surface area contributed by atoms with Gasteiger partial charge in [-0.1, -0.05) is 19.9 Å². The highest BCUT2D eigenvalue weighted by Crippen LogP contribution is 2.09. The molecule has 0 aromatic carbocycles. The van der Waals surface area contributed by atoms with Gasteiger partial charge in [-0.2, -0.15) is 5.10 Å². The van der Waals surface area contributed by atoms with Crippen molar-refractivity contribution in [3.63, 3.8) is 0 Å². The summed E-state index contributed by atoms with van der Waals surface area (Å²) in [5, 5.41) is 9.78. The van der Waals surface area contributed by atoms with Gasteiger partial charge in [-0.25, -0.2) is 9.67 Å². The Bertz CT molecular complexity index is 419. The van der Waals surface area contributed by atoms with Crippen LogP contribution in [-0.2, 0) is 13.1 Å². The topological polar surface area (TPSA) is 42.7 Å². The van der Waals surface area contributed by atoms with E-state index in [9.17, 15) is 0 Å². The Morgan fingerprint density at radius 3 is 3.06 bits per heavy atom. The van der Waals surface area contributed by atoms with Gasteiger partial charge in [0.2, 0.25) is 0 Å². The number of hydrogen-bond acceptors (Lipinski definition) is 4. The Hall–Kier alpha value is -1.20. The first-order chi connectivity index (χ1) is 7.74. The van der Waals surface area contributed by atoms with Crippen molar-refractivity contribution in [3.05, 3.63) is 34.5 Å². The Morgan fingerprint density at radius 2 is 2.38 bits per heavy atom. The Morgan fingerprint density at radius 1 is 1.50 bits per heavy atom. The van der Waals surface area contributed by atoms with Crippen molar-refractivity contribution in [2.75, 3.05) is 0 Å². The minimum absolute atomic E-state index is 0.462. The molecular weight excluding hydrogens is 220 g/mol. The smallest absolute Gasteiger partial charge is 0.164 e. The average Bonchev–Trinajstić information content (AvgIpc) is 2.87. The lowest BCUT2D eigenvalue weighted by atomic mass is 10.4. The van der Waals surface area contributed by atoms with Crippen LogP contribution < -0.4 is 5.32 Å². The fourth-order valence-corrected chi connectivity index (χ4v) is 2.04. The van der Waals surface area contributed by atoms with Gasteiger partial charge >= 0.3 is 0 Å². The van der Waals surface area contributed by atoms with E-state index >= 15 is 0 Å². The normalized spacial score (nSPS) is 11.2. The van der Waals surface area contributed by atoms with Crippen molar-refractivity contribution in [3.8, 4) is 0 Å². The molecule has 2 heterocycles. The molecular formula is C11H16N4S. The van der Waals surface area contributed by atoms with Gasteiger partial charge in [0.25, 0.3) is 0 Å². The first kappa shape index (κ1) is 11.3. The van der Waals surface area contributed by atoms with E-state index < -0.39 is 0 Å². The summed E-state index contributed by atoms with van der Waals surface area (Å²) in [5.41, 5.74) is 0. The first-order valence-corrected chi connectivity index (χ1v) is 6.26. The first-order valence-electron chi connectivity index (χ1n) is 5.38. The number of aromatic nitrogens is 3. The molecule has 0 aliphatic carbocycles. The molecule has 2 rings (SSSR count). The monoisotopic (exact) mass is 236 g/mol. The maximum Gasteiger partial charge on any atom is 0.164 e. The van der Waals surface area contributed by atoms with E-state index in [4.69, 9.17) is 0 Å². The molecule has 0 unspecified atom stereocenters. The molecule has 1 N–H and O–H groups in total. The molecule has 0 atom stereocenters. The highest BCUT2D eigenvalue weighted by molar-refractivity contribution is 7.09. The van der Waals surface area contributed by atoms with E-state index in [1.165, 1.54) is 4.88 Å². The fourth-order valence-electron chi connectivity index (χ4n) is 1.35. The molecule has 0 bridgehead atoms. The number of thiophene rings is 1. The Balaban J connectivity index is 1.92. The van der Waals surface area contributed by atoms with Crippen LogP contribution in [0.1, 0.15) is 24.5 Å². The minimum atomic E-state index is 0.462. The van der Waals surface area contributed by atoms with Crippen molar-refractivity contribution in [2.45, 2.75) is 33.0 Å². The van der Waals surface area contributed by atoms with Gasteiger partial charge in [-0.05, 0) is 11.4 Å². The zero-order valence-corrected chi connectivity index (χ0v) is 10.4. The molecule has 0 radical (unpaired) electrons. The van der Waals surface area contributed by atoms with Crippen molar-refractivity contribution >= 4 is 11.3 Å². The molecule has 4 nitrogen and oxygen atoms in total. The summed E-state index contributed by atoms with van der Waals surface area (Å²) in [6.45, 7) is 5.77. The SMILES string of the molecule is CC(C)NCc1ncn(Cc2cccs2)n1. The van der Waals surface area contributed by atoms with Crippen LogP contribution in [0.5, 0.6) is 0 Å². The predicted octanol–water partition coefficient (Wildman–Crippen LogP) is 1.89. The van der Waals surface area contributed by atoms with Gasteiger partial charge in [0.15, 0.2) is 5.82 Å². The second-order valence-electron chi connectivity index (χ2n) is 3.97. The maximum atomic E-state index is 4.41. The summed E-state index contributed by atoms with van der Waals surface area (Å²) in [6, 6.07) is 4.63. The van der Waals surface area contributed by atoms with Crippen molar-refractivity contribution < 1.29 is 0 Å². The van der Waals surface area contributed by atoms with Crippen molar-refractivity contribution in [1.82, 2.24) is 20.1 Å². The fraction of sp³-hybridized carbons (Fsp3) is 0.455. The molecule has 0 aliphatic heterocycles. The van der Waals surface area contributed by atoms with E-state index in [1.807, 2.05) is 4.68 Å². The quantitative estimate of drug-likeness (QED) is 0.862. The molecule has 16 heavy (non-hydrogen) atoms. The van der Waals surface area contributed by atoms with Gasteiger partial charge in [0.05, 0.1) is 13.1 Å². The third-order valence-electron chi connectivity index (χ3n) is 2.15. The third kappa shape index (κ3) is 3.15. The van der Waals surface area contributed by atoms with Gasteiger partial charge < -0.3 is 5.32 Å². The number of hydrogen-bond donors (Lipinski definition) is 1. The van der Waals surface area contributed by atoms with Crippen LogP contribution in [0.4, 0.5) is 0 Å². The number of nitrogens with one attached hydrogen (secondary N) is 1. The molecule has 2 aromatic rings. The molecule has 2 aromatic heterocycles. The van der Waals surface area contributed by atoms with E-state index in [-0.39, 0.29) is 0 Å². The predicted molar refractivity (Wildman–Crippen MR) is 65.4 cm³/mol. The van der Waals surface area contributed by atoms with E-state index in [0.29, 0.717) is 6.04 Å². The second kappa shape index (κ2) is 5.23. The van der Waals surface area contributed by atoms with Crippen LogP contribution in [0.25, 0.3) is 0 Å². The number of rotatable bonds is 5. The summed E-state index contributed by atoms with van der Waals surface area (Å²) in [7, 11) is 0. The van der Waals surface area contributed by atoms with Crippen LogP contribution in [-0.4, -0.2) is 20.8 Å². The zero-order chi connectivity index (χ0) is 11.4. The molecule has 0 saturated carbocycles. The van der Waals surface area contributed by atoms with E-state index in [1.54, 1.807) is 17.7 Å². The van der Waals surface area contributed by atoms with Crippen LogP contribution in [0, 0.1) is 0 Å². The van der Waals surface area contributed by atoms with Gasteiger partial charge in [-0.15, -0.1) is 11.3 Å². The molecule has 5 heteroatoms. The lowest BCUT2D eigenvalue weighted by molar-refractivity contribution is 0.565. The zero-order valence-electron chi connectivity index (χ0n) is 9.55. The minimum Gasteiger partial charge on any atom is -0.308 e. The largest absolute Gasteiger partial charge is 0.308 e. The molecule has 86 valence electrons. The molecule has 0 fully saturated rings. The molecule has 0 aliphatic rings. The van der Waals surface area contributed by atoms with E-state index in [2.05, 4.69) is 46.8 Å². The highest BCUT2D eigenvalue weighted by Gasteiger charge is 2.02. The lowest BCUT2D eigenvalue weighted by Gasteiger charge is -2.03. The summed E-state index contributed by atoms with van der Waals surface area (Å²) >= 11 is 1.74. The van der Waals surface area contributed by atoms with Gasteiger partial charge in [-0.3, -0.25) is 0 Å². The van der Waals surface area contributed by atoms with Crippen molar-refractivity contribution in [2.24, 2.45) is 0 Å². The second-order valence-corrected chi connectivity index (χ2v) is 5.01. The van der Waals surface area contributed by atoms with E-state index in [0.717, 1.165) is 18.9 Å². The van der Waals surface area contributed by atoms with Crippen LogP contribution >= 0.6 is 11.3 Å². The van der Waals surface area contributed by atoms with Crippen LogP contribution in [0.15, 0.2) is 23.8 Å². The lowest BCUT2D eigenvalue weighted by Crippen LogP contribution is -2.22. The van der Waals surface area contributed by atoms with Gasteiger partial charge in [0, 0.05) is 10.9 Å². The summed E-state index contributed by atoms with van der Waals surface area (Å²) in [6.07, 6.45) is 1.79. The highest BCUT2D eigenvalue weighted by atomic mass is 32.1. The summed E-state index contributed by atoms with van der Waals surface area (Å²) in [5.74, 6) is 0.852. The Kier molecular flexibility index (Phi) is 3.69. The van der Waals surface area contributed by atoms with Gasteiger partial charge in [0.1, 0.15) is 6.33 Å².